The standard InChI is InChI=1S/C21H22N2O7/c1-13(2)29-20(24)11-15(14-7-3-4-8-16(14)23(26)27)22-21(25)19-12-28-17-9-5-6-10-18(17)30-19/h3-10,13,15,19H,11-12H2,1-2H3,(H,22,25). The monoisotopic (exact) mass is 414 g/mol. The van der Waals surface area contributed by atoms with Crippen LogP contribution in [-0.4, -0.2) is 35.6 Å². The summed E-state index contributed by atoms with van der Waals surface area (Å²) in [6.07, 6.45) is -1.59. The van der Waals surface area contributed by atoms with Crippen molar-refractivity contribution in [2.75, 3.05) is 6.61 Å². The molecule has 2 aromatic rings. The van der Waals surface area contributed by atoms with E-state index in [1.807, 2.05) is 0 Å². The minimum absolute atomic E-state index is 0.0249. The molecule has 1 aliphatic rings. The average molecular weight is 414 g/mol. The number of hydrogen-bond donors (Lipinski definition) is 1. The van der Waals surface area contributed by atoms with Crippen LogP contribution in [0.15, 0.2) is 48.5 Å². The number of nitrogens with zero attached hydrogens (tertiary/aromatic N) is 1. The summed E-state index contributed by atoms with van der Waals surface area (Å²) in [5.41, 5.74) is -0.0000100. The molecule has 0 aromatic heterocycles. The molecule has 1 aliphatic heterocycles. The first-order valence-electron chi connectivity index (χ1n) is 9.46. The third kappa shape index (κ3) is 5.05. The molecule has 1 amide bonds. The summed E-state index contributed by atoms with van der Waals surface area (Å²) in [7, 11) is 0. The first kappa shape index (κ1) is 21.1. The van der Waals surface area contributed by atoms with Gasteiger partial charge in [-0.05, 0) is 26.0 Å². The molecule has 0 spiro atoms. The van der Waals surface area contributed by atoms with Crippen LogP contribution in [0.3, 0.4) is 0 Å². The van der Waals surface area contributed by atoms with E-state index in [0.29, 0.717) is 11.5 Å². The lowest BCUT2D eigenvalue weighted by Gasteiger charge is -2.27. The van der Waals surface area contributed by atoms with Crippen molar-refractivity contribution in [2.45, 2.75) is 38.5 Å². The van der Waals surface area contributed by atoms with E-state index >= 15 is 0 Å². The van der Waals surface area contributed by atoms with Gasteiger partial charge in [-0.3, -0.25) is 19.7 Å². The Kier molecular flexibility index (Phi) is 6.51. The Balaban J connectivity index is 1.81. The van der Waals surface area contributed by atoms with Crippen molar-refractivity contribution in [1.29, 1.82) is 0 Å². The number of nitro benzene ring substituents is 1. The molecule has 0 aliphatic carbocycles. The summed E-state index contributed by atoms with van der Waals surface area (Å²) < 4.78 is 16.4. The lowest BCUT2D eigenvalue weighted by atomic mass is 10.0. The minimum atomic E-state index is -0.967. The molecule has 1 heterocycles. The molecule has 30 heavy (non-hydrogen) atoms. The predicted molar refractivity (Wildman–Crippen MR) is 106 cm³/mol. The van der Waals surface area contributed by atoms with Crippen molar-refractivity contribution in [3.8, 4) is 11.5 Å². The fraction of sp³-hybridized carbons (Fsp3) is 0.333. The number of hydrogen-bond acceptors (Lipinski definition) is 7. The lowest BCUT2D eigenvalue weighted by Crippen LogP contribution is -2.45. The second-order valence-electron chi connectivity index (χ2n) is 6.98. The third-order valence-corrected chi connectivity index (χ3v) is 4.36. The second kappa shape index (κ2) is 9.25. The highest BCUT2D eigenvalue weighted by Gasteiger charge is 2.32. The summed E-state index contributed by atoms with van der Waals surface area (Å²) in [5.74, 6) is -0.188. The van der Waals surface area contributed by atoms with Crippen LogP contribution in [-0.2, 0) is 14.3 Å². The Morgan fingerprint density at radius 1 is 1.17 bits per heavy atom. The highest BCUT2D eigenvalue weighted by molar-refractivity contribution is 5.83. The van der Waals surface area contributed by atoms with E-state index in [-0.39, 0.29) is 30.4 Å². The number of esters is 1. The van der Waals surface area contributed by atoms with E-state index in [9.17, 15) is 19.7 Å². The zero-order valence-electron chi connectivity index (χ0n) is 16.6. The zero-order valence-corrected chi connectivity index (χ0v) is 16.6. The van der Waals surface area contributed by atoms with Gasteiger partial charge in [-0.25, -0.2) is 0 Å². The number of carbonyl (C=O) groups is 2. The summed E-state index contributed by atoms with van der Waals surface area (Å²) in [6.45, 7) is 3.37. The Morgan fingerprint density at radius 3 is 2.53 bits per heavy atom. The third-order valence-electron chi connectivity index (χ3n) is 4.36. The zero-order chi connectivity index (χ0) is 21.7. The molecule has 9 nitrogen and oxygen atoms in total. The van der Waals surface area contributed by atoms with Gasteiger partial charge in [-0.15, -0.1) is 0 Å². The van der Waals surface area contributed by atoms with Crippen LogP contribution < -0.4 is 14.8 Å². The summed E-state index contributed by atoms with van der Waals surface area (Å²) >= 11 is 0. The molecule has 0 saturated carbocycles. The predicted octanol–water partition coefficient (Wildman–Crippen LogP) is 2.93. The van der Waals surface area contributed by atoms with Crippen LogP contribution in [0.1, 0.15) is 31.9 Å². The number of nitro groups is 1. The maximum Gasteiger partial charge on any atom is 0.308 e. The van der Waals surface area contributed by atoms with Crippen LogP contribution in [0.25, 0.3) is 0 Å². The number of nitrogens with one attached hydrogen (secondary N) is 1. The number of para-hydroxylation sites is 3. The van der Waals surface area contributed by atoms with Crippen molar-refractivity contribution in [2.24, 2.45) is 0 Å². The molecule has 158 valence electrons. The van der Waals surface area contributed by atoms with Crippen molar-refractivity contribution in [1.82, 2.24) is 5.32 Å². The largest absolute Gasteiger partial charge is 0.485 e. The fourth-order valence-corrected chi connectivity index (χ4v) is 3.08. The molecular formula is C21H22N2O7. The van der Waals surface area contributed by atoms with E-state index in [0.717, 1.165) is 0 Å². The maximum absolute atomic E-state index is 12.8. The molecule has 2 unspecified atom stereocenters. The van der Waals surface area contributed by atoms with Gasteiger partial charge in [-0.1, -0.05) is 30.3 Å². The van der Waals surface area contributed by atoms with Gasteiger partial charge >= 0.3 is 5.97 Å². The van der Waals surface area contributed by atoms with Crippen LogP contribution in [0.2, 0.25) is 0 Å². The number of rotatable bonds is 7. The number of amides is 1. The Labute approximate surface area is 173 Å². The Hall–Kier alpha value is -3.62. The highest BCUT2D eigenvalue weighted by Crippen LogP contribution is 2.32. The molecule has 2 atom stereocenters. The molecule has 1 N–H and O–H groups in total. The lowest BCUT2D eigenvalue weighted by molar-refractivity contribution is -0.385. The van der Waals surface area contributed by atoms with Crippen molar-refractivity contribution in [3.05, 3.63) is 64.2 Å². The van der Waals surface area contributed by atoms with E-state index in [2.05, 4.69) is 5.32 Å². The van der Waals surface area contributed by atoms with Crippen LogP contribution >= 0.6 is 0 Å². The van der Waals surface area contributed by atoms with Gasteiger partial charge < -0.3 is 19.5 Å². The van der Waals surface area contributed by atoms with Gasteiger partial charge in [0.05, 0.1) is 29.1 Å². The molecule has 9 heteroatoms. The normalized spacial score (nSPS) is 15.9. The molecule has 2 aromatic carbocycles. The van der Waals surface area contributed by atoms with Crippen molar-refractivity contribution in [3.63, 3.8) is 0 Å². The van der Waals surface area contributed by atoms with Crippen molar-refractivity contribution >= 4 is 17.6 Å². The molecule has 0 saturated heterocycles. The summed E-state index contributed by atoms with van der Waals surface area (Å²) in [4.78, 5) is 36.0. The van der Waals surface area contributed by atoms with Gasteiger partial charge in [0.2, 0.25) is 6.10 Å². The number of carbonyl (C=O) groups excluding carboxylic acids is 2. The van der Waals surface area contributed by atoms with E-state index in [1.165, 1.54) is 18.2 Å². The Morgan fingerprint density at radius 2 is 1.83 bits per heavy atom. The molecular weight excluding hydrogens is 392 g/mol. The van der Waals surface area contributed by atoms with Crippen LogP contribution in [0.5, 0.6) is 11.5 Å². The van der Waals surface area contributed by atoms with E-state index < -0.39 is 28.9 Å². The van der Waals surface area contributed by atoms with Crippen molar-refractivity contribution < 1.29 is 28.7 Å². The first-order valence-corrected chi connectivity index (χ1v) is 9.46. The van der Waals surface area contributed by atoms with Gasteiger partial charge in [0.1, 0.15) is 6.61 Å². The van der Waals surface area contributed by atoms with E-state index in [4.69, 9.17) is 14.2 Å². The SMILES string of the molecule is CC(C)OC(=O)CC(NC(=O)C1COc2ccccc2O1)c1ccccc1[N+](=O)[O-]. The highest BCUT2D eigenvalue weighted by atomic mass is 16.6. The summed E-state index contributed by atoms with van der Waals surface area (Å²) in [5, 5.41) is 14.1. The number of benzene rings is 2. The molecule has 0 radical (unpaired) electrons. The topological polar surface area (TPSA) is 117 Å². The molecule has 0 bridgehead atoms. The average Bonchev–Trinajstić information content (AvgIpc) is 2.72. The number of ether oxygens (including phenoxy) is 3. The number of fused-ring (bicyclic) bond motifs is 1. The maximum atomic E-state index is 12.8. The first-order chi connectivity index (χ1) is 14.3. The van der Waals surface area contributed by atoms with Gasteiger partial charge in [0.15, 0.2) is 11.5 Å². The van der Waals surface area contributed by atoms with Gasteiger partial charge in [0.25, 0.3) is 11.6 Å². The second-order valence-corrected chi connectivity index (χ2v) is 6.98. The summed E-state index contributed by atoms with van der Waals surface area (Å²) in [6, 6.07) is 11.9. The molecule has 3 rings (SSSR count). The fourth-order valence-electron chi connectivity index (χ4n) is 3.08. The van der Waals surface area contributed by atoms with Gasteiger partial charge in [-0.2, -0.15) is 0 Å². The smallest absolute Gasteiger partial charge is 0.308 e. The van der Waals surface area contributed by atoms with Crippen LogP contribution in [0.4, 0.5) is 5.69 Å². The quantitative estimate of drug-likeness (QED) is 0.420. The van der Waals surface area contributed by atoms with Gasteiger partial charge in [0, 0.05) is 6.07 Å². The minimum Gasteiger partial charge on any atom is -0.485 e. The Bertz CT molecular complexity index is 944. The van der Waals surface area contributed by atoms with Crippen LogP contribution in [0, 0.1) is 10.1 Å². The molecule has 0 fully saturated rings. The van der Waals surface area contributed by atoms with E-state index in [1.54, 1.807) is 44.2 Å².